The van der Waals surface area contributed by atoms with Crippen LogP contribution >= 0.6 is 0 Å². The molecule has 3 rings (SSSR count). The zero-order valence-electron chi connectivity index (χ0n) is 13.3. The minimum atomic E-state index is -0.840. The summed E-state index contributed by atoms with van der Waals surface area (Å²) in [5.41, 5.74) is 1.64. The average molecular weight is 339 g/mol. The molecule has 0 aliphatic rings. The number of amides is 1. The van der Waals surface area contributed by atoms with Crippen molar-refractivity contribution >= 4 is 6.09 Å². The third-order valence-corrected chi connectivity index (χ3v) is 3.46. The second kappa shape index (κ2) is 8.07. The third-order valence-electron chi connectivity index (χ3n) is 3.46. The van der Waals surface area contributed by atoms with E-state index in [1.54, 1.807) is 0 Å². The summed E-state index contributed by atoms with van der Waals surface area (Å²) in [5.74, 6) is 0.492. The van der Waals surface area contributed by atoms with Gasteiger partial charge in [0, 0.05) is 5.56 Å². The topological polar surface area (TPSA) is 97.5 Å². The highest BCUT2D eigenvalue weighted by Crippen LogP contribution is 2.18. The lowest BCUT2D eigenvalue weighted by Gasteiger charge is -2.12. The van der Waals surface area contributed by atoms with Gasteiger partial charge in [0.05, 0.1) is 6.61 Å². The predicted octanol–water partition coefficient (Wildman–Crippen LogP) is 2.70. The Morgan fingerprint density at radius 3 is 2.48 bits per heavy atom. The van der Waals surface area contributed by atoms with Crippen molar-refractivity contribution < 1.29 is 19.2 Å². The van der Waals surface area contributed by atoms with E-state index in [0.717, 1.165) is 11.1 Å². The Morgan fingerprint density at radius 1 is 1.12 bits per heavy atom. The van der Waals surface area contributed by atoms with Crippen LogP contribution in [-0.2, 0) is 11.3 Å². The minimum absolute atomic E-state index is 0.109. The molecule has 3 aromatic rings. The fourth-order valence-corrected chi connectivity index (χ4v) is 2.17. The number of aliphatic hydroxyl groups is 1. The highest BCUT2D eigenvalue weighted by atomic mass is 16.5. The molecule has 7 nitrogen and oxygen atoms in total. The Bertz CT molecular complexity index is 805. The SMILES string of the molecule is O=C(NC(CO)c1nc(-c2ccccc2)no1)OCc1ccccc1. The van der Waals surface area contributed by atoms with E-state index in [9.17, 15) is 9.90 Å². The molecule has 0 aliphatic heterocycles. The average Bonchev–Trinajstić information content (AvgIpc) is 3.16. The van der Waals surface area contributed by atoms with Crippen molar-refractivity contribution in [2.45, 2.75) is 12.6 Å². The second-order valence-electron chi connectivity index (χ2n) is 5.26. The standard InChI is InChI=1S/C18H17N3O4/c22-11-15(19-18(23)24-12-13-7-3-1-4-8-13)17-20-16(21-25-17)14-9-5-2-6-10-14/h1-10,15,22H,11-12H2,(H,19,23). The van der Waals surface area contributed by atoms with E-state index < -0.39 is 18.7 Å². The van der Waals surface area contributed by atoms with Crippen molar-refractivity contribution in [1.82, 2.24) is 15.5 Å². The van der Waals surface area contributed by atoms with E-state index in [1.165, 1.54) is 0 Å². The molecule has 25 heavy (non-hydrogen) atoms. The number of nitrogens with zero attached hydrogens (tertiary/aromatic N) is 2. The summed E-state index contributed by atoms with van der Waals surface area (Å²) in [4.78, 5) is 16.1. The maximum Gasteiger partial charge on any atom is 0.408 e. The monoisotopic (exact) mass is 339 g/mol. The van der Waals surface area contributed by atoms with Crippen LogP contribution < -0.4 is 5.32 Å². The molecule has 0 aliphatic carbocycles. The number of hydrogen-bond donors (Lipinski definition) is 2. The van der Waals surface area contributed by atoms with Gasteiger partial charge in [-0.25, -0.2) is 4.79 Å². The molecule has 7 heteroatoms. The van der Waals surface area contributed by atoms with Gasteiger partial charge in [0.2, 0.25) is 5.82 Å². The molecule has 0 saturated heterocycles. The molecule has 128 valence electrons. The summed E-state index contributed by atoms with van der Waals surface area (Å²) in [6.07, 6.45) is -0.678. The maximum absolute atomic E-state index is 11.9. The molecule has 1 atom stereocenters. The lowest BCUT2D eigenvalue weighted by molar-refractivity contribution is 0.124. The van der Waals surface area contributed by atoms with Crippen molar-refractivity contribution in [3.8, 4) is 11.4 Å². The first-order valence-electron chi connectivity index (χ1n) is 7.73. The Morgan fingerprint density at radius 2 is 1.80 bits per heavy atom. The summed E-state index contributed by atoms with van der Waals surface area (Å²) in [6, 6.07) is 17.7. The molecule has 0 radical (unpaired) electrons. The lowest BCUT2D eigenvalue weighted by Crippen LogP contribution is -2.31. The number of rotatable bonds is 6. The quantitative estimate of drug-likeness (QED) is 0.716. The van der Waals surface area contributed by atoms with Crippen LogP contribution in [0.3, 0.4) is 0 Å². The number of ether oxygens (including phenoxy) is 1. The molecule has 0 spiro atoms. The first kappa shape index (κ1) is 16.7. The van der Waals surface area contributed by atoms with Crippen molar-refractivity contribution in [2.24, 2.45) is 0 Å². The molecular formula is C18H17N3O4. The summed E-state index contributed by atoms with van der Waals surface area (Å²) in [7, 11) is 0. The molecule has 0 bridgehead atoms. The van der Waals surface area contributed by atoms with Gasteiger partial charge in [-0.2, -0.15) is 4.98 Å². The first-order chi connectivity index (χ1) is 12.3. The summed E-state index contributed by atoms with van der Waals surface area (Å²) >= 11 is 0. The minimum Gasteiger partial charge on any atom is -0.445 e. The molecule has 2 aromatic carbocycles. The first-order valence-corrected chi connectivity index (χ1v) is 7.73. The Balaban J connectivity index is 1.60. The predicted molar refractivity (Wildman–Crippen MR) is 89.3 cm³/mol. The maximum atomic E-state index is 11.9. The fraction of sp³-hybridized carbons (Fsp3) is 0.167. The van der Waals surface area contributed by atoms with Gasteiger partial charge in [-0.3, -0.25) is 0 Å². The summed E-state index contributed by atoms with van der Waals surface area (Å²) in [5, 5.41) is 15.9. The number of carbonyl (C=O) groups is 1. The highest BCUT2D eigenvalue weighted by Gasteiger charge is 2.21. The fourth-order valence-electron chi connectivity index (χ4n) is 2.17. The Kier molecular flexibility index (Phi) is 5.38. The molecule has 1 heterocycles. The molecule has 0 fully saturated rings. The van der Waals surface area contributed by atoms with Gasteiger partial charge >= 0.3 is 6.09 Å². The molecular weight excluding hydrogens is 322 g/mol. The largest absolute Gasteiger partial charge is 0.445 e. The smallest absolute Gasteiger partial charge is 0.408 e. The number of hydrogen-bond acceptors (Lipinski definition) is 6. The van der Waals surface area contributed by atoms with Gasteiger partial charge in [0.1, 0.15) is 12.6 Å². The van der Waals surface area contributed by atoms with Crippen LogP contribution in [0.4, 0.5) is 4.79 Å². The zero-order valence-corrected chi connectivity index (χ0v) is 13.3. The van der Waals surface area contributed by atoms with Crippen LogP contribution in [0.15, 0.2) is 65.2 Å². The van der Waals surface area contributed by atoms with Crippen LogP contribution in [-0.4, -0.2) is 27.9 Å². The van der Waals surface area contributed by atoms with E-state index in [2.05, 4.69) is 15.5 Å². The van der Waals surface area contributed by atoms with E-state index in [-0.39, 0.29) is 12.5 Å². The highest BCUT2D eigenvalue weighted by molar-refractivity contribution is 5.67. The Labute approximate surface area is 144 Å². The molecule has 0 saturated carbocycles. The van der Waals surface area contributed by atoms with Crippen molar-refractivity contribution in [2.75, 3.05) is 6.61 Å². The number of aliphatic hydroxyl groups excluding tert-OH is 1. The van der Waals surface area contributed by atoms with E-state index in [1.807, 2.05) is 60.7 Å². The Hall–Kier alpha value is -3.19. The summed E-state index contributed by atoms with van der Waals surface area (Å²) in [6.45, 7) is -0.263. The van der Waals surface area contributed by atoms with E-state index in [4.69, 9.17) is 9.26 Å². The molecule has 1 unspecified atom stereocenters. The number of nitrogens with one attached hydrogen (secondary N) is 1. The van der Waals surface area contributed by atoms with Crippen molar-refractivity contribution in [3.05, 3.63) is 72.1 Å². The van der Waals surface area contributed by atoms with Gasteiger partial charge < -0.3 is 19.7 Å². The second-order valence-corrected chi connectivity index (χ2v) is 5.26. The number of alkyl carbamates (subject to hydrolysis) is 1. The van der Waals surface area contributed by atoms with Gasteiger partial charge in [-0.05, 0) is 5.56 Å². The zero-order chi connectivity index (χ0) is 17.5. The lowest BCUT2D eigenvalue weighted by atomic mass is 10.2. The van der Waals surface area contributed by atoms with Crippen molar-refractivity contribution in [3.63, 3.8) is 0 Å². The van der Waals surface area contributed by atoms with Crippen LogP contribution in [0.2, 0.25) is 0 Å². The van der Waals surface area contributed by atoms with Crippen LogP contribution in [0.1, 0.15) is 17.5 Å². The summed E-state index contributed by atoms with van der Waals surface area (Å²) < 4.78 is 10.3. The number of aromatic nitrogens is 2. The molecule has 1 aromatic heterocycles. The third kappa shape index (κ3) is 4.42. The van der Waals surface area contributed by atoms with Crippen molar-refractivity contribution in [1.29, 1.82) is 0 Å². The van der Waals surface area contributed by atoms with Gasteiger partial charge in [-0.1, -0.05) is 65.8 Å². The van der Waals surface area contributed by atoms with E-state index in [0.29, 0.717) is 5.82 Å². The van der Waals surface area contributed by atoms with Gasteiger partial charge in [0.15, 0.2) is 0 Å². The van der Waals surface area contributed by atoms with E-state index >= 15 is 0 Å². The van der Waals surface area contributed by atoms with Crippen LogP contribution in [0.25, 0.3) is 11.4 Å². The van der Waals surface area contributed by atoms with Crippen LogP contribution in [0.5, 0.6) is 0 Å². The molecule has 1 amide bonds. The van der Waals surface area contributed by atoms with Gasteiger partial charge in [0.25, 0.3) is 5.89 Å². The number of benzene rings is 2. The number of carbonyl (C=O) groups excluding carboxylic acids is 1. The van der Waals surface area contributed by atoms with Crippen LogP contribution in [0, 0.1) is 0 Å². The molecule has 2 N–H and O–H groups in total. The normalized spacial score (nSPS) is 11.7. The van der Waals surface area contributed by atoms with Gasteiger partial charge in [-0.15, -0.1) is 0 Å².